The van der Waals surface area contributed by atoms with Crippen molar-refractivity contribution >= 4 is 15.9 Å². The molecule has 0 aromatic heterocycles. The predicted molar refractivity (Wildman–Crippen MR) is 66.2 cm³/mol. The third kappa shape index (κ3) is 2.67. The molecule has 5 heteroatoms. The van der Waals surface area contributed by atoms with E-state index in [4.69, 9.17) is 5.11 Å². The minimum Gasteiger partial charge on any atom is -0.508 e. The largest absolute Gasteiger partial charge is 0.508 e. The van der Waals surface area contributed by atoms with E-state index in [1.807, 2.05) is 0 Å². The molecule has 0 atom stereocenters. The van der Waals surface area contributed by atoms with Crippen molar-refractivity contribution in [2.75, 3.05) is 0 Å². The van der Waals surface area contributed by atoms with Gasteiger partial charge in [-0.05, 0) is 35.4 Å². The zero-order valence-corrected chi connectivity index (χ0v) is 10.6. The third-order valence-electron chi connectivity index (χ3n) is 2.47. The molecular weight excluding hydrogens is 309 g/mol. The summed E-state index contributed by atoms with van der Waals surface area (Å²) in [6, 6.07) is 10.0. The Labute approximate surface area is 110 Å². The van der Waals surface area contributed by atoms with E-state index in [-0.39, 0.29) is 10.2 Å². The second kappa shape index (κ2) is 4.65. The van der Waals surface area contributed by atoms with Crippen molar-refractivity contribution in [3.05, 3.63) is 52.5 Å². The van der Waals surface area contributed by atoms with Crippen molar-refractivity contribution in [3.8, 4) is 16.9 Å². The summed E-state index contributed by atoms with van der Waals surface area (Å²) < 4.78 is 38.2. The van der Waals surface area contributed by atoms with E-state index in [2.05, 4.69) is 15.9 Å². The molecule has 2 aromatic carbocycles. The minimum absolute atomic E-state index is 0.0116. The molecule has 0 aliphatic heterocycles. The summed E-state index contributed by atoms with van der Waals surface area (Å²) in [6.07, 6.45) is -4.40. The van der Waals surface area contributed by atoms with Crippen LogP contribution in [0.5, 0.6) is 5.75 Å². The first-order valence-electron chi connectivity index (χ1n) is 5.04. The van der Waals surface area contributed by atoms with Gasteiger partial charge in [-0.1, -0.05) is 34.1 Å². The van der Waals surface area contributed by atoms with Crippen LogP contribution in [0.2, 0.25) is 0 Å². The van der Waals surface area contributed by atoms with Gasteiger partial charge in [0.15, 0.2) is 0 Å². The molecule has 0 spiro atoms. The number of benzene rings is 2. The van der Waals surface area contributed by atoms with Gasteiger partial charge in [0, 0.05) is 4.47 Å². The van der Waals surface area contributed by atoms with Crippen molar-refractivity contribution in [2.45, 2.75) is 6.18 Å². The van der Waals surface area contributed by atoms with Crippen molar-refractivity contribution in [2.24, 2.45) is 0 Å². The molecule has 18 heavy (non-hydrogen) atoms. The molecule has 0 heterocycles. The normalized spacial score (nSPS) is 11.6. The molecule has 1 N–H and O–H groups in total. The Morgan fingerprint density at radius 3 is 2.00 bits per heavy atom. The van der Waals surface area contributed by atoms with E-state index in [0.29, 0.717) is 11.1 Å². The van der Waals surface area contributed by atoms with Crippen LogP contribution in [-0.4, -0.2) is 5.11 Å². The predicted octanol–water partition coefficient (Wildman–Crippen LogP) is 4.84. The van der Waals surface area contributed by atoms with Gasteiger partial charge in [0.05, 0.1) is 5.56 Å². The quantitative estimate of drug-likeness (QED) is 0.798. The van der Waals surface area contributed by atoms with Crippen LogP contribution in [0.1, 0.15) is 5.56 Å². The van der Waals surface area contributed by atoms with Crippen LogP contribution in [0.15, 0.2) is 46.9 Å². The Kier molecular flexibility index (Phi) is 3.34. The van der Waals surface area contributed by atoms with Gasteiger partial charge in [0.1, 0.15) is 5.75 Å². The molecule has 0 aliphatic rings. The molecule has 0 radical (unpaired) electrons. The maximum atomic E-state index is 12.7. The number of alkyl halides is 3. The lowest BCUT2D eigenvalue weighted by molar-refractivity contribution is -0.138. The van der Waals surface area contributed by atoms with Gasteiger partial charge in [0.2, 0.25) is 0 Å². The molecule has 0 bridgehead atoms. The van der Waals surface area contributed by atoms with E-state index in [9.17, 15) is 13.2 Å². The van der Waals surface area contributed by atoms with Crippen molar-refractivity contribution in [1.29, 1.82) is 0 Å². The molecule has 2 aromatic rings. The average molecular weight is 317 g/mol. The zero-order chi connectivity index (χ0) is 13.3. The molecule has 0 saturated heterocycles. The highest BCUT2D eigenvalue weighted by atomic mass is 79.9. The molecule has 94 valence electrons. The lowest BCUT2D eigenvalue weighted by Gasteiger charge is -2.11. The summed E-state index contributed by atoms with van der Waals surface area (Å²) >= 11 is 2.89. The Morgan fingerprint density at radius 1 is 0.889 bits per heavy atom. The smallest absolute Gasteiger partial charge is 0.417 e. The topological polar surface area (TPSA) is 20.2 Å². The van der Waals surface area contributed by atoms with Crippen LogP contribution in [0, 0.1) is 0 Å². The van der Waals surface area contributed by atoms with Crippen LogP contribution in [0.25, 0.3) is 11.1 Å². The Hall–Kier alpha value is -1.49. The molecule has 0 unspecified atom stereocenters. The molecule has 1 nitrogen and oxygen atoms in total. The molecule has 0 fully saturated rings. The monoisotopic (exact) mass is 316 g/mol. The molecule has 0 aliphatic carbocycles. The summed E-state index contributed by atoms with van der Waals surface area (Å²) in [7, 11) is 0. The second-order valence-electron chi connectivity index (χ2n) is 3.74. The highest BCUT2D eigenvalue weighted by Crippen LogP contribution is 2.37. The van der Waals surface area contributed by atoms with Gasteiger partial charge in [-0.15, -0.1) is 0 Å². The molecule has 0 saturated carbocycles. The van der Waals surface area contributed by atoms with Crippen molar-refractivity contribution < 1.29 is 18.3 Å². The number of hydrogen-bond acceptors (Lipinski definition) is 1. The number of phenolic OH excluding ortho intramolecular Hbond substituents is 1. The van der Waals surface area contributed by atoms with Gasteiger partial charge in [-0.2, -0.15) is 13.2 Å². The van der Waals surface area contributed by atoms with Crippen LogP contribution in [-0.2, 0) is 6.18 Å². The van der Waals surface area contributed by atoms with Gasteiger partial charge in [0.25, 0.3) is 0 Å². The van der Waals surface area contributed by atoms with Gasteiger partial charge >= 0.3 is 6.18 Å². The first-order chi connectivity index (χ1) is 8.38. The number of aromatic hydroxyl groups is 1. The van der Waals surface area contributed by atoms with Crippen LogP contribution in [0.3, 0.4) is 0 Å². The van der Waals surface area contributed by atoms with Crippen molar-refractivity contribution in [3.63, 3.8) is 0 Å². The SMILES string of the molecule is Oc1ccc(-c2ccc(Br)c(C(F)(F)F)c2)cc1. The Balaban J connectivity index is 2.50. The maximum absolute atomic E-state index is 12.7. The zero-order valence-electron chi connectivity index (χ0n) is 9.00. The van der Waals surface area contributed by atoms with Crippen LogP contribution < -0.4 is 0 Å². The lowest BCUT2D eigenvalue weighted by Crippen LogP contribution is -2.06. The summed E-state index contributed by atoms with van der Waals surface area (Å²) in [6.45, 7) is 0. The molecule has 0 amide bonds. The highest BCUT2D eigenvalue weighted by molar-refractivity contribution is 9.10. The van der Waals surface area contributed by atoms with E-state index in [1.54, 1.807) is 18.2 Å². The third-order valence-corrected chi connectivity index (χ3v) is 3.16. The first kappa shape index (κ1) is 13.0. The summed E-state index contributed by atoms with van der Waals surface area (Å²) in [5.74, 6) is 0.0758. The lowest BCUT2D eigenvalue weighted by atomic mass is 10.0. The Bertz CT molecular complexity index is 561. The fraction of sp³-hybridized carbons (Fsp3) is 0.0769. The van der Waals surface area contributed by atoms with Crippen molar-refractivity contribution in [1.82, 2.24) is 0 Å². The van der Waals surface area contributed by atoms with Gasteiger partial charge in [-0.25, -0.2) is 0 Å². The first-order valence-corrected chi connectivity index (χ1v) is 5.83. The fourth-order valence-corrected chi connectivity index (χ4v) is 2.05. The molecule has 2 rings (SSSR count). The number of halogens is 4. The average Bonchev–Trinajstić information content (AvgIpc) is 2.29. The number of hydrogen-bond donors (Lipinski definition) is 1. The number of phenols is 1. The summed E-state index contributed by atoms with van der Waals surface area (Å²) in [5, 5.41) is 9.14. The maximum Gasteiger partial charge on any atom is 0.417 e. The fourth-order valence-electron chi connectivity index (χ4n) is 1.58. The summed E-state index contributed by atoms with van der Waals surface area (Å²) in [4.78, 5) is 0. The van der Waals surface area contributed by atoms with Gasteiger partial charge < -0.3 is 5.11 Å². The second-order valence-corrected chi connectivity index (χ2v) is 4.59. The van der Waals surface area contributed by atoms with Gasteiger partial charge in [-0.3, -0.25) is 0 Å². The van der Waals surface area contributed by atoms with Crippen LogP contribution >= 0.6 is 15.9 Å². The highest BCUT2D eigenvalue weighted by Gasteiger charge is 2.33. The number of rotatable bonds is 1. The minimum atomic E-state index is -4.40. The summed E-state index contributed by atoms with van der Waals surface area (Å²) in [5.41, 5.74) is 0.351. The van der Waals surface area contributed by atoms with Crippen LogP contribution in [0.4, 0.5) is 13.2 Å². The Morgan fingerprint density at radius 2 is 1.44 bits per heavy atom. The van der Waals surface area contributed by atoms with E-state index >= 15 is 0 Å². The van der Waals surface area contributed by atoms with E-state index < -0.39 is 11.7 Å². The van der Waals surface area contributed by atoms with E-state index in [0.717, 1.165) is 6.07 Å². The molecular formula is C13H8BrF3O. The standard InChI is InChI=1S/C13H8BrF3O/c14-12-6-3-9(7-11(12)13(15,16)17)8-1-4-10(18)5-2-8/h1-7,18H. The van der Waals surface area contributed by atoms with E-state index in [1.165, 1.54) is 18.2 Å².